The molecule has 0 aromatic rings. The van der Waals surface area contributed by atoms with Gasteiger partial charge in [0.1, 0.15) is 6.61 Å². The fourth-order valence-electron chi connectivity index (χ4n) is 2.00. The number of hydrogen-bond donors (Lipinski definition) is 1. The van der Waals surface area contributed by atoms with Crippen molar-refractivity contribution in [3.05, 3.63) is 0 Å². The lowest BCUT2D eigenvalue weighted by molar-refractivity contribution is -0.165. The van der Waals surface area contributed by atoms with Crippen molar-refractivity contribution in [2.24, 2.45) is 5.92 Å². The van der Waals surface area contributed by atoms with Crippen LogP contribution in [0.4, 0.5) is 0 Å². The highest BCUT2D eigenvalue weighted by atomic mass is 16.5. The highest BCUT2D eigenvalue weighted by Crippen LogP contribution is 2.23. The number of nitrogens with zero attached hydrogens (tertiary/aromatic N) is 1. The highest BCUT2D eigenvalue weighted by molar-refractivity contribution is 5.68. The molecule has 1 heterocycles. The zero-order valence-electron chi connectivity index (χ0n) is 11.6. The summed E-state index contributed by atoms with van der Waals surface area (Å²) in [4.78, 5) is 12.6. The number of likely N-dealkylation sites (tertiary alicyclic amines) is 1. The molecule has 106 valence electrons. The van der Waals surface area contributed by atoms with Crippen LogP contribution >= 0.6 is 0 Å². The third-order valence-corrected chi connectivity index (χ3v) is 3.05. The molecule has 0 saturated carbocycles. The van der Waals surface area contributed by atoms with Crippen LogP contribution in [0.2, 0.25) is 0 Å². The molecule has 1 aliphatic heterocycles. The molecule has 0 atom stereocenters. The van der Waals surface area contributed by atoms with E-state index in [1.807, 2.05) is 6.92 Å². The van der Waals surface area contributed by atoms with Gasteiger partial charge in [-0.25, -0.2) is 4.79 Å². The Balaban J connectivity index is 1.99. The van der Waals surface area contributed by atoms with Gasteiger partial charge in [-0.2, -0.15) is 0 Å². The van der Waals surface area contributed by atoms with Gasteiger partial charge in [0, 0.05) is 26.2 Å². The van der Waals surface area contributed by atoms with Crippen molar-refractivity contribution in [1.82, 2.24) is 4.90 Å². The smallest absolute Gasteiger partial charge is 0.329 e. The van der Waals surface area contributed by atoms with Crippen LogP contribution in [0.1, 0.15) is 27.2 Å². The van der Waals surface area contributed by atoms with Crippen molar-refractivity contribution in [2.75, 3.05) is 39.5 Å². The van der Waals surface area contributed by atoms with Gasteiger partial charge in [-0.15, -0.1) is 0 Å². The number of hydrogen-bond acceptors (Lipinski definition) is 4. The Hall–Kier alpha value is -0.650. The fourth-order valence-corrected chi connectivity index (χ4v) is 2.00. The minimum atomic E-state index is -0.910. The van der Waals surface area contributed by atoms with Gasteiger partial charge in [0.25, 0.3) is 0 Å². The summed E-state index contributed by atoms with van der Waals surface area (Å²) in [5.41, 5.74) is -0.295. The summed E-state index contributed by atoms with van der Waals surface area (Å²) in [5, 5.41) is 8.55. The van der Waals surface area contributed by atoms with E-state index in [9.17, 15) is 4.79 Å². The molecule has 1 rings (SSSR count). The molecule has 0 aromatic carbocycles. The van der Waals surface area contributed by atoms with Crippen molar-refractivity contribution in [3.63, 3.8) is 0 Å². The summed E-state index contributed by atoms with van der Waals surface area (Å²) in [6, 6.07) is 0. The van der Waals surface area contributed by atoms with Gasteiger partial charge >= 0.3 is 5.97 Å². The standard InChI is InChI=1S/C13H25NO4/c1-11(2)4-6-17-7-5-14-9-13(3,10-14)18-8-12(15)16/h11H,4-10H2,1-3H3,(H,15,16). The number of carboxylic acids is 1. The van der Waals surface area contributed by atoms with E-state index in [0.29, 0.717) is 5.92 Å². The van der Waals surface area contributed by atoms with Crippen molar-refractivity contribution in [1.29, 1.82) is 0 Å². The normalized spacial score (nSPS) is 18.9. The monoisotopic (exact) mass is 259 g/mol. The van der Waals surface area contributed by atoms with Crippen molar-refractivity contribution in [2.45, 2.75) is 32.8 Å². The van der Waals surface area contributed by atoms with E-state index in [-0.39, 0.29) is 12.2 Å². The Morgan fingerprint density at radius 2 is 2.06 bits per heavy atom. The first-order valence-corrected chi connectivity index (χ1v) is 6.57. The molecule has 1 fully saturated rings. The zero-order chi connectivity index (χ0) is 13.6. The molecular weight excluding hydrogens is 234 g/mol. The molecule has 0 aliphatic carbocycles. The van der Waals surface area contributed by atoms with Crippen LogP contribution in [0.15, 0.2) is 0 Å². The van der Waals surface area contributed by atoms with Gasteiger partial charge in [-0.1, -0.05) is 13.8 Å². The molecule has 5 nitrogen and oxygen atoms in total. The average Bonchev–Trinajstić information content (AvgIpc) is 2.23. The minimum absolute atomic E-state index is 0.213. The van der Waals surface area contributed by atoms with Crippen molar-refractivity contribution < 1.29 is 19.4 Å². The van der Waals surface area contributed by atoms with Crippen LogP contribution in [0, 0.1) is 5.92 Å². The third kappa shape index (κ3) is 5.80. The maximum Gasteiger partial charge on any atom is 0.329 e. The SMILES string of the molecule is CC(C)CCOCCN1CC(C)(OCC(=O)O)C1. The van der Waals surface area contributed by atoms with E-state index >= 15 is 0 Å². The largest absolute Gasteiger partial charge is 0.480 e. The van der Waals surface area contributed by atoms with Crippen LogP contribution in [0.5, 0.6) is 0 Å². The number of aliphatic carboxylic acids is 1. The molecular formula is C13H25NO4. The van der Waals surface area contributed by atoms with E-state index in [1.165, 1.54) is 0 Å². The summed E-state index contributed by atoms with van der Waals surface area (Å²) < 4.78 is 10.9. The summed E-state index contributed by atoms with van der Waals surface area (Å²) in [6.45, 7) is 10.1. The maximum absolute atomic E-state index is 10.4. The van der Waals surface area contributed by atoms with Gasteiger partial charge in [0.15, 0.2) is 0 Å². The summed E-state index contributed by atoms with van der Waals surface area (Å²) >= 11 is 0. The Labute approximate surface area is 109 Å². The molecule has 0 aromatic heterocycles. The molecule has 0 spiro atoms. The number of carbonyl (C=O) groups is 1. The van der Waals surface area contributed by atoms with Crippen LogP contribution in [0.3, 0.4) is 0 Å². The van der Waals surface area contributed by atoms with Crippen LogP contribution in [-0.4, -0.2) is 61.0 Å². The lowest BCUT2D eigenvalue weighted by atomic mass is 9.96. The molecule has 5 heteroatoms. The topological polar surface area (TPSA) is 59.0 Å². The molecule has 0 amide bonds. The third-order valence-electron chi connectivity index (χ3n) is 3.05. The quantitative estimate of drug-likeness (QED) is 0.631. The predicted octanol–water partition coefficient (Wildman–Crippen LogP) is 1.22. The molecule has 0 radical (unpaired) electrons. The second kappa shape index (κ2) is 7.07. The Morgan fingerprint density at radius 3 is 2.61 bits per heavy atom. The predicted molar refractivity (Wildman–Crippen MR) is 68.7 cm³/mol. The van der Waals surface area contributed by atoms with E-state index in [4.69, 9.17) is 14.6 Å². The lowest BCUT2D eigenvalue weighted by Gasteiger charge is -2.47. The lowest BCUT2D eigenvalue weighted by Crippen LogP contribution is -2.62. The van der Waals surface area contributed by atoms with Crippen LogP contribution in [-0.2, 0) is 14.3 Å². The molecule has 1 N–H and O–H groups in total. The summed E-state index contributed by atoms with van der Waals surface area (Å²) in [7, 11) is 0. The number of carboxylic acid groups (broad SMARTS) is 1. The first-order chi connectivity index (χ1) is 8.41. The summed E-state index contributed by atoms with van der Waals surface area (Å²) in [5.74, 6) is -0.228. The zero-order valence-corrected chi connectivity index (χ0v) is 11.6. The fraction of sp³-hybridized carbons (Fsp3) is 0.923. The van der Waals surface area contributed by atoms with Gasteiger partial charge in [-0.05, 0) is 19.3 Å². The van der Waals surface area contributed by atoms with E-state index in [2.05, 4.69) is 18.7 Å². The van der Waals surface area contributed by atoms with Gasteiger partial charge < -0.3 is 14.6 Å². The van der Waals surface area contributed by atoms with Crippen molar-refractivity contribution >= 4 is 5.97 Å². The molecule has 1 aliphatic rings. The number of rotatable bonds is 9. The van der Waals surface area contributed by atoms with Crippen molar-refractivity contribution in [3.8, 4) is 0 Å². The first kappa shape index (κ1) is 15.4. The van der Waals surface area contributed by atoms with Crippen LogP contribution < -0.4 is 0 Å². The number of ether oxygens (including phenoxy) is 2. The average molecular weight is 259 g/mol. The summed E-state index contributed by atoms with van der Waals surface area (Å²) in [6.07, 6.45) is 1.10. The Bertz CT molecular complexity index is 262. The van der Waals surface area contributed by atoms with E-state index < -0.39 is 5.97 Å². The second-order valence-corrected chi connectivity index (χ2v) is 5.64. The highest BCUT2D eigenvalue weighted by Gasteiger charge is 2.39. The Morgan fingerprint density at radius 1 is 1.39 bits per heavy atom. The molecule has 0 unspecified atom stereocenters. The van der Waals surface area contributed by atoms with E-state index in [1.54, 1.807) is 0 Å². The molecule has 18 heavy (non-hydrogen) atoms. The van der Waals surface area contributed by atoms with E-state index in [0.717, 1.165) is 39.3 Å². The molecule has 0 bridgehead atoms. The minimum Gasteiger partial charge on any atom is -0.480 e. The first-order valence-electron chi connectivity index (χ1n) is 6.57. The van der Waals surface area contributed by atoms with Gasteiger partial charge in [0.2, 0.25) is 0 Å². The Kier molecular flexibility index (Phi) is 6.05. The van der Waals surface area contributed by atoms with Gasteiger partial charge in [-0.3, -0.25) is 4.90 Å². The second-order valence-electron chi connectivity index (χ2n) is 5.64. The maximum atomic E-state index is 10.4. The van der Waals surface area contributed by atoms with Gasteiger partial charge in [0.05, 0.1) is 12.2 Å². The van der Waals surface area contributed by atoms with Crippen LogP contribution in [0.25, 0.3) is 0 Å². The molecule has 1 saturated heterocycles.